The number of carbonyl (C=O) groups excluding carboxylic acids is 2. The fraction of sp³-hybridized carbons (Fsp3) is 0.867. The number of hydrogen-bond donors (Lipinski definition) is 1. The van der Waals surface area contributed by atoms with Crippen molar-refractivity contribution < 1.29 is 9.59 Å². The Kier molecular flexibility index (Phi) is 5.02. The first-order valence-corrected chi connectivity index (χ1v) is 7.74. The van der Waals surface area contributed by atoms with Gasteiger partial charge in [-0.25, -0.2) is 0 Å². The molecule has 2 aliphatic heterocycles. The van der Waals surface area contributed by atoms with Gasteiger partial charge in [-0.15, -0.1) is 0 Å². The first kappa shape index (κ1) is 15.3. The Morgan fingerprint density at radius 1 is 1.15 bits per heavy atom. The number of rotatable bonds is 2. The van der Waals surface area contributed by atoms with Gasteiger partial charge in [-0.2, -0.15) is 0 Å². The van der Waals surface area contributed by atoms with Gasteiger partial charge in [0.15, 0.2) is 0 Å². The third-order valence-corrected chi connectivity index (χ3v) is 4.63. The van der Waals surface area contributed by atoms with Crippen LogP contribution < -0.4 is 5.32 Å². The molecule has 5 nitrogen and oxygen atoms in total. The van der Waals surface area contributed by atoms with E-state index in [-0.39, 0.29) is 23.8 Å². The molecule has 0 aromatic heterocycles. The summed E-state index contributed by atoms with van der Waals surface area (Å²) in [6.07, 6.45) is 3.87. The number of nitrogens with one attached hydrogen (secondary N) is 1. The molecule has 114 valence electrons. The third kappa shape index (κ3) is 3.32. The van der Waals surface area contributed by atoms with Crippen molar-refractivity contribution >= 4 is 11.8 Å². The molecule has 2 saturated heterocycles. The van der Waals surface area contributed by atoms with E-state index in [0.29, 0.717) is 19.0 Å². The highest BCUT2D eigenvalue weighted by molar-refractivity contribution is 5.83. The lowest BCUT2D eigenvalue weighted by molar-refractivity contribution is -0.141. The first-order chi connectivity index (χ1) is 9.50. The van der Waals surface area contributed by atoms with Gasteiger partial charge in [-0.05, 0) is 38.1 Å². The molecule has 2 fully saturated rings. The molecule has 20 heavy (non-hydrogen) atoms. The van der Waals surface area contributed by atoms with E-state index in [9.17, 15) is 9.59 Å². The third-order valence-electron chi connectivity index (χ3n) is 4.63. The van der Waals surface area contributed by atoms with E-state index in [1.807, 2.05) is 4.90 Å². The number of carbonyl (C=O) groups is 2. The van der Waals surface area contributed by atoms with Crippen molar-refractivity contribution in [2.45, 2.75) is 38.6 Å². The Labute approximate surface area is 121 Å². The summed E-state index contributed by atoms with van der Waals surface area (Å²) in [5.74, 6) is 0.928. The minimum Gasteiger partial charge on any atom is -0.349 e. The van der Waals surface area contributed by atoms with Crippen molar-refractivity contribution in [3.05, 3.63) is 0 Å². The van der Waals surface area contributed by atoms with Crippen molar-refractivity contribution in [1.29, 1.82) is 0 Å². The maximum atomic E-state index is 12.5. The number of hydrogen-bond acceptors (Lipinski definition) is 3. The topological polar surface area (TPSA) is 52.7 Å². The van der Waals surface area contributed by atoms with Crippen molar-refractivity contribution in [2.75, 3.05) is 33.7 Å². The maximum Gasteiger partial charge on any atom is 0.239 e. The Hall–Kier alpha value is -1.10. The van der Waals surface area contributed by atoms with E-state index in [2.05, 4.69) is 12.2 Å². The number of nitrogens with zero attached hydrogens (tertiary/aromatic N) is 2. The largest absolute Gasteiger partial charge is 0.349 e. The van der Waals surface area contributed by atoms with E-state index in [4.69, 9.17) is 0 Å². The second-order valence-corrected chi connectivity index (χ2v) is 6.38. The van der Waals surface area contributed by atoms with Gasteiger partial charge < -0.3 is 15.1 Å². The second kappa shape index (κ2) is 6.57. The molecule has 5 heteroatoms. The molecule has 2 amide bonds. The maximum absolute atomic E-state index is 12.5. The minimum atomic E-state index is -0.0233. The average molecular weight is 281 g/mol. The zero-order chi connectivity index (χ0) is 14.7. The van der Waals surface area contributed by atoms with Crippen LogP contribution in [0.4, 0.5) is 0 Å². The van der Waals surface area contributed by atoms with Crippen LogP contribution in [0, 0.1) is 11.8 Å². The van der Waals surface area contributed by atoms with Crippen LogP contribution in [0.25, 0.3) is 0 Å². The molecule has 1 N–H and O–H groups in total. The molecule has 0 aromatic carbocycles. The monoisotopic (exact) mass is 281 g/mol. The van der Waals surface area contributed by atoms with Gasteiger partial charge >= 0.3 is 0 Å². The summed E-state index contributed by atoms with van der Waals surface area (Å²) in [6, 6.07) is -0.0233. The molecule has 0 saturated carbocycles. The van der Waals surface area contributed by atoms with Gasteiger partial charge in [0.25, 0.3) is 0 Å². The highest BCUT2D eigenvalue weighted by atomic mass is 16.2. The van der Waals surface area contributed by atoms with E-state index < -0.39 is 0 Å². The summed E-state index contributed by atoms with van der Waals surface area (Å²) >= 11 is 0. The summed E-state index contributed by atoms with van der Waals surface area (Å²) in [5.41, 5.74) is 0. The highest BCUT2D eigenvalue weighted by Gasteiger charge is 2.34. The minimum absolute atomic E-state index is 0.0233. The Balaban J connectivity index is 1.87. The number of likely N-dealkylation sites (tertiary alicyclic amines) is 1. The van der Waals surface area contributed by atoms with E-state index in [1.165, 1.54) is 0 Å². The summed E-state index contributed by atoms with van der Waals surface area (Å²) in [7, 11) is 3.60. The molecule has 0 radical (unpaired) electrons. The Bertz CT molecular complexity index is 362. The van der Waals surface area contributed by atoms with E-state index in [1.54, 1.807) is 19.0 Å². The summed E-state index contributed by atoms with van der Waals surface area (Å²) < 4.78 is 0. The zero-order valence-electron chi connectivity index (χ0n) is 12.9. The molecular weight excluding hydrogens is 254 g/mol. The number of amides is 2. The Morgan fingerprint density at radius 2 is 1.80 bits per heavy atom. The van der Waals surface area contributed by atoms with Crippen molar-refractivity contribution in [3.63, 3.8) is 0 Å². The van der Waals surface area contributed by atoms with Gasteiger partial charge in [-0.1, -0.05) is 6.92 Å². The number of piperidine rings is 2. The first-order valence-electron chi connectivity index (χ1n) is 7.74. The van der Waals surface area contributed by atoms with Crippen LogP contribution in [-0.2, 0) is 9.59 Å². The van der Waals surface area contributed by atoms with Gasteiger partial charge in [0, 0.05) is 33.1 Å². The van der Waals surface area contributed by atoms with E-state index in [0.717, 1.165) is 32.2 Å². The van der Waals surface area contributed by atoms with Gasteiger partial charge in [-0.3, -0.25) is 9.59 Å². The predicted octanol–water partition coefficient (Wildman–Crippen LogP) is 0.701. The lowest BCUT2D eigenvalue weighted by Gasteiger charge is -2.37. The molecular formula is C15H27N3O2. The van der Waals surface area contributed by atoms with Crippen LogP contribution in [0.3, 0.4) is 0 Å². The van der Waals surface area contributed by atoms with Crippen LogP contribution in [-0.4, -0.2) is 61.4 Å². The molecule has 2 heterocycles. The highest BCUT2D eigenvalue weighted by Crippen LogP contribution is 2.22. The zero-order valence-corrected chi connectivity index (χ0v) is 12.9. The molecule has 0 aromatic rings. The molecule has 2 unspecified atom stereocenters. The van der Waals surface area contributed by atoms with Crippen LogP contribution in [0.2, 0.25) is 0 Å². The van der Waals surface area contributed by atoms with Crippen LogP contribution in [0.15, 0.2) is 0 Å². The van der Waals surface area contributed by atoms with E-state index >= 15 is 0 Å². The van der Waals surface area contributed by atoms with Gasteiger partial charge in [0.2, 0.25) is 11.8 Å². The second-order valence-electron chi connectivity index (χ2n) is 6.38. The molecule has 2 aliphatic rings. The molecule has 0 aliphatic carbocycles. The van der Waals surface area contributed by atoms with Crippen molar-refractivity contribution in [2.24, 2.45) is 11.8 Å². The molecule has 0 bridgehead atoms. The van der Waals surface area contributed by atoms with Gasteiger partial charge in [0.05, 0.1) is 6.04 Å². The Morgan fingerprint density at radius 3 is 2.35 bits per heavy atom. The summed E-state index contributed by atoms with van der Waals surface area (Å²) in [6.45, 7) is 4.52. The summed E-state index contributed by atoms with van der Waals surface area (Å²) in [5, 5.41) is 3.35. The molecule has 2 atom stereocenters. The van der Waals surface area contributed by atoms with Crippen LogP contribution in [0.5, 0.6) is 0 Å². The van der Waals surface area contributed by atoms with Gasteiger partial charge in [0.1, 0.15) is 0 Å². The fourth-order valence-electron chi connectivity index (χ4n) is 3.29. The van der Waals surface area contributed by atoms with Crippen molar-refractivity contribution in [1.82, 2.24) is 15.1 Å². The fourth-order valence-corrected chi connectivity index (χ4v) is 3.29. The van der Waals surface area contributed by atoms with Crippen LogP contribution >= 0.6 is 0 Å². The smallest absolute Gasteiger partial charge is 0.239 e. The summed E-state index contributed by atoms with van der Waals surface area (Å²) in [4.78, 5) is 28.1. The predicted molar refractivity (Wildman–Crippen MR) is 78.2 cm³/mol. The SMILES string of the molecule is CC1CCCNC1C(=O)N1CCC(C(=O)N(C)C)CC1. The lowest BCUT2D eigenvalue weighted by Crippen LogP contribution is -2.54. The quantitative estimate of drug-likeness (QED) is 0.811. The average Bonchev–Trinajstić information content (AvgIpc) is 2.46. The standard InChI is InChI=1S/C15H27N3O2/c1-11-5-4-8-16-13(11)15(20)18-9-6-12(7-10-18)14(19)17(2)3/h11-13,16H,4-10H2,1-3H3. The molecule has 2 rings (SSSR count). The normalized spacial score (nSPS) is 28.2. The molecule has 0 spiro atoms. The van der Waals surface area contributed by atoms with Crippen LogP contribution in [0.1, 0.15) is 32.6 Å². The van der Waals surface area contributed by atoms with Crippen molar-refractivity contribution in [3.8, 4) is 0 Å². The lowest BCUT2D eigenvalue weighted by atomic mass is 9.90.